The molecule has 0 bridgehead atoms. The zero-order chi connectivity index (χ0) is 16.4. The molecule has 0 atom stereocenters. The summed E-state index contributed by atoms with van der Waals surface area (Å²) < 4.78 is 0. The Morgan fingerprint density at radius 1 is 1.14 bits per heavy atom. The molecule has 0 spiro atoms. The zero-order valence-electron chi connectivity index (χ0n) is 13.4. The molecule has 0 aliphatic rings. The van der Waals surface area contributed by atoms with E-state index in [1.54, 1.807) is 31.3 Å². The molecule has 0 radical (unpaired) electrons. The lowest BCUT2D eigenvalue weighted by Crippen LogP contribution is -2.42. The summed E-state index contributed by atoms with van der Waals surface area (Å²) in [6.07, 6.45) is 1.09. The molecule has 0 saturated carbocycles. The van der Waals surface area contributed by atoms with E-state index in [9.17, 15) is 4.79 Å². The Morgan fingerprint density at radius 2 is 1.77 bits per heavy atom. The molecule has 22 heavy (non-hydrogen) atoms. The van der Waals surface area contributed by atoms with Crippen LogP contribution in [0, 0.1) is 5.92 Å². The van der Waals surface area contributed by atoms with Gasteiger partial charge in [0, 0.05) is 26.7 Å². The number of halogens is 1. The molecule has 1 aromatic rings. The first-order valence-corrected chi connectivity index (χ1v) is 7.89. The van der Waals surface area contributed by atoms with Gasteiger partial charge in [0.15, 0.2) is 5.96 Å². The number of carbonyl (C=O) groups excluding carboxylic acids is 1. The maximum absolute atomic E-state index is 12.0. The number of aliphatic imine (C=N–C) groups is 1. The lowest BCUT2D eigenvalue weighted by Gasteiger charge is -2.13. The second-order valence-corrected chi connectivity index (χ2v) is 5.75. The van der Waals surface area contributed by atoms with Crippen molar-refractivity contribution < 1.29 is 4.79 Å². The van der Waals surface area contributed by atoms with Crippen LogP contribution < -0.4 is 16.0 Å². The minimum Gasteiger partial charge on any atom is -0.356 e. The Hall–Kier alpha value is -1.75. The van der Waals surface area contributed by atoms with E-state index in [4.69, 9.17) is 11.6 Å². The Labute approximate surface area is 137 Å². The van der Waals surface area contributed by atoms with Crippen LogP contribution in [0.5, 0.6) is 0 Å². The van der Waals surface area contributed by atoms with Crippen molar-refractivity contribution in [3.05, 3.63) is 34.9 Å². The molecule has 1 amide bonds. The maximum atomic E-state index is 12.0. The monoisotopic (exact) mass is 324 g/mol. The Kier molecular flexibility index (Phi) is 8.36. The van der Waals surface area contributed by atoms with E-state index >= 15 is 0 Å². The number of amides is 1. The van der Waals surface area contributed by atoms with E-state index in [2.05, 4.69) is 34.8 Å². The third kappa shape index (κ3) is 6.80. The number of guanidine groups is 1. The number of hydrogen-bond acceptors (Lipinski definition) is 2. The van der Waals surface area contributed by atoms with Gasteiger partial charge in [-0.25, -0.2) is 0 Å². The van der Waals surface area contributed by atoms with Gasteiger partial charge < -0.3 is 16.0 Å². The van der Waals surface area contributed by atoms with Crippen LogP contribution in [0.4, 0.5) is 0 Å². The molecule has 122 valence electrons. The first-order valence-electron chi connectivity index (χ1n) is 7.51. The lowest BCUT2D eigenvalue weighted by molar-refractivity contribution is 0.0954. The summed E-state index contributed by atoms with van der Waals surface area (Å²) in [5, 5.41) is 9.67. The molecule has 1 rings (SSSR count). The fourth-order valence-electron chi connectivity index (χ4n) is 1.80. The number of carbonyl (C=O) groups is 1. The Balaban J connectivity index is 2.26. The third-order valence-electron chi connectivity index (χ3n) is 3.06. The van der Waals surface area contributed by atoms with Crippen LogP contribution in [-0.4, -0.2) is 38.5 Å². The highest BCUT2D eigenvalue weighted by Gasteiger charge is 2.08. The summed E-state index contributed by atoms with van der Waals surface area (Å²) >= 11 is 5.98. The van der Waals surface area contributed by atoms with Crippen molar-refractivity contribution in [1.82, 2.24) is 16.0 Å². The zero-order valence-corrected chi connectivity index (χ0v) is 14.2. The van der Waals surface area contributed by atoms with Gasteiger partial charge in [0.1, 0.15) is 0 Å². The largest absolute Gasteiger partial charge is 0.356 e. The second-order valence-electron chi connectivity index (χ2n) is 5.34. The first-order chi connectivity index (χ1) is 10.5. The summed E-state index contributed by atoms with van der Waals surface area (Å²) in [5.41, 5.74) is 0.489. The number of hydrogen-bond donors (Lipinski definition) is 3. The standard InChI is InChI=1S/C16H25ClN4O/c1-12(2)8-9-20-16(18-3)21-11-10-19-15(22)13-6-4-5-7-14(13)17/h4-7,12H,8-11H2,1-3H3,(H,19,22)(H2,18,20,21). The van der Waals surface area contributed by atoms with Crippen molar-refractivity contribution in [1.29, 1.82) is 0 Å². The maximum Gasteiger partial charge on any atom is 0.252 e. The molecule has 0 aliphatic carbocycles. The molecule has 1 aromatic carbocycles. The SMILES string of the molecule is CN=C(NCCNC(=O)c1ccccc1Cl)NCCC(C)C. The van der Waals surface area contributed by atoms with Gasteiger partial charge in [-0.15, -0.1) is 0 Å². The van der Waals surface area contributed by atoms with Gasteiger partial charge in [-0.05, 0) is 24.5 Å². The molecular formula is C16H25ClN4O. The molecule has 6 heteroatoms. The summed E-state index contributed by atoms with van der Waals surface area (Å²) in [5.74, 6) is 1.23. The number of nitrogens with one attached hydrogen (secondary N) is 3. The Bertz CT molecular complexity index is 503. The molecule has 0 saturated heterocycles. The topological polar surface area (TPSA) is 65.5 Å². The number of rotatable bonds is 7. The van der Waals surface area contributed by atoms with Crippen LogP contribution in [0.2, 0.25) is 5.02 Å². The van der Waals surface area contributed by atoms with Crippen molar-refractivity contribution in [2.75, 3.05) is 26.7 Å². The van der Waals surface area contributed by atoms with Crippen molar-refractivity contribution in [2.45, 2.75) is 20.3 Å². The third-order valence-corrected chi connectivity index (χ3v) is 3.39. The second kappa shape index (κ2) is 10.1. The summed E-state index contributed by atoms with van der Waals surface area (Å²) in [7, 11) is 1.73. The van der Waals surface area contributed by atoms with E-state index in [1.807, 2.05) is 0 Å². The minimum atomic E-state index is -0.171. The molecule has 0 aliphatic heterocycles. The molecule has 3 N–H and O–H groups in total. The Morgan fingerprint density at radius 3 is 2.41 bits per heavy atom. The van der Waals surface area contributed by atoms with Gasteiger partial charge >= 0.3 is 0 Å². The highest BCUT2D eigenvalue weighted by molar-refractivity contribution is 6.33. The predicted molar refractivity (Wildman–Crippen MR) is 92.6 cm³/mol. The van der Waals surface area contributed by atoms with Gasteiger partial charge in [-0.2, -0.15) is 0 Å². The molecule has 0 fully saturated rings. The van der Waals surface area contributed by atoms with Crippen molar-refractivity contribution in [3.63, 3.8) is 0 Å². The van der Waals surface area contributed by atoms with Gasteiger partial charge in [-0.1, -0.05) is 37.6 Å². The number of nitrogens with zero attached hydrogens (tertiary/aromatic N) is 1. The van der Waals surface area contributed by atoms with Gasteiger partial charge in [-0.3, -0.25) is 9.79 Å². The molecule has 0 heterocycles. The smallest absolute Gasteiger partial charge is 0.252 e. The minimum absolute atomic E-state index is 0.171. The summed E-state index contributed by atoms with van der Waals surface area (Å²) in [6.45, 7) is 6.33. The van der Waals surface area contributed by atoms with Gasteiger partial charge in [0.25, 0.3) is 5.91 Å². The molecule has 5 nitrogen and oxygen atoms in total. The van der Waals surface area contributed by atoms with Crippen molar-refractivity contribution >= 4 is 23.5 Å². The molecule has 0 unspecified atom stereocenters. The van der Waals surface area contributed by atoms with Crippen LogP contribution in [0.25, 0.3) is 0 Å². The van der Waals surface area contributed by atoms with Crippen molar-refractivity contribution in [3.8, 4) is 0 Å². The van der Waals surface area contributed by atoms with Crippen LogP contribution in [0.3, 0.4) is 0 Å². The van der Waals surface area contributed by atoms with E-state index in [0.29, 0.717) is 29.6 Å². The fraction of sp³-hybridized carbons (Fsp3) is 0.500. The summed E-state index contributed by atoms with van der Waals surface area (Å²) in [4.78, 5) is 16.1. The average Bonchev–Trinajstić information content (AvgIpc) is 2.49. The fourth-order valence-corrected chi connectivity index (χ4v) is 2.02. The highest BCUT2D eigenvalue weighted by atomic mass is 35.5. The van der Waals surface area contributed by atoms with Crippen LogP contribution in [0.1, 0.15) is 30.6 Å². The van der Waals surface area contributed by atoms with E-state index < -0.39 is 0 Å². The highest BCUT2D eigenvalue weighted by Crippen LogP contribution is 2.14. The van der Waals surface area contributed by atoms with Gasteiger partial charge in [0.2, 0.25) is 0 Å². The summed E-state index contributed by atoms with van der Waals surface area (Å²) in [6, 6.07) is 7.00. The molecule has 0 aromatic heterocycles. The van der Waals surface area contributed by atoms with E-state index in [-0.39, 0.29) is 5.91 Å². The van der Waals surface area contributed by atoms with Crippen molar-refractivity contribution in [2.24, 2.45) is 10.9 Å². The van der Waals surface area contributed by atoms with E-state index in [0.717, 1.165) is 18.9 Å². The first kappa shape index (κ1) is 18.3. The average molecular weight is 325 g/mol. The van der Waals surface area contributed by atoms with E-state index in [1.165, 1.54) is 0 Å². The van der Waals surface area contributed by atoms with Gasteiger partial charge in [0.05, 0.1) is 10.6 Å². The van der Waals surface area contributed by atoms with Crippen LogP contribution >= 0.6 is 11.6 Å². The number of benzene rings is 1. The van der Waals surface area contributed by atoms with Crippen LogP contribution in [0.15, 0.2) is 29.3 Å². The van der Waals surface area contributed by atoms with Crippen LogP contribution in [-0.2, 0) is 0 Å². The molecular weight excluding hydrogens is 300 g/mol. The normalized spacial score (nSPS) is 11.4. The quantitative estimate of drug-likeness (QED) is 0.409. The predicted octanol–water partition coefficient (Wildman–Crippen LogP) is 2.28. The lowest BCUT2D eigenvalue weighted by atomic mass is 10.1.